The Kier molecular flexibility index (Phi) is 5.55. The molecule has 19 heavy (non-hydrogen) atoms. The van der Waals surface area contributed by atoms with Gasteiger partial charge in [0, 0.05) is 0 Å². The van der Waals surface area contributed by atoms with E-state index in [1.807, 2.05) is 32.0 Å². The van der Waals surface area contributed by atoms with E-state index in [-0.39, 0.29) is 12.3 Å². The minimum absolute atomic E-state index is 0.177. The van der Waals surface area contributed by atoms with Gasteiger partial charge in [-0.25, -0.2) is 4.79 Å². The fourth-order valence-corrected chi connectivity index (χ4v) is 1.72. The van der Waals surface area contributed by atoms with E-state index in [9.17, 15) is 9.59 Å². The van der Waals surface area contributed by atoms with Crippen molar-refractivity contribution in [3.8, 4) is 0 Å². The first kappa shape index (κ1) is 15.2. The van der Waals surface area contributed by atoms with Gasteiger partial charge in [-0.15, -0.1) is 0 Å². The van der Waals surface area contributed by atoms with E-state index < -0.39 is 12.0 Å². The lowest BCUT2D eigenvalue weighted by atomic mass is 10.0. The summed E-state index contributed by atoms with van der Waals surface area (Å²) in [4.78, 5) is 23.2. The quantitative estimate of drug-likeness (QED) is 0.826. The molecule has 0 aliphatic carbocycles. The molecule has 104 valence electrons. The highest BCUT2D eigenvalue weighted by molar-refractivity contribution is 5.85. The molecule has 0 saturated heterocycles. The molecule has 1 rings (SSSR count). The van der Waals surface area contributed by atoms with Gasteiger partial charge in [-0.05, 0) is 44.4 Å². The van der Waals surface area contributed by atoms with Crippen LogP contribution < -0.4 is 5.32 Å². The van der Waals surface area contributed by atoms with Crippen LogP contribution in [0.25, 0.3) is 0 Å². The first-order valence-electron chi connectivity index (χ1n) is 6.46. The standard InChI is InChI=1S/C15H21NO3/c1-5-19-15(18)12(4)16-14(17)9-13-7-6-10(2)11(3)8-13/h6-8,12H,5,9H2,1-4H3,(H,16,17). The number of carbonyl (C=O) groups is 2. The summed E-state index contributed by atoms with van der Waals surface area (Å²) in [5.74, 6) is -0.584. The Morgan fingerprint density at radius 1 is 1.26 bits per heavy atom. The maximum absolute atomic E-state index is 11.8. The molecule has 1 atom stereocenters. The monoisotopic (exact) mass is 263 g/mol. The topological polar surface area (TPSA) is 55.4 Å². The van der Waals surface area contributed by atoms with Crippen molar-refractivity contribution in [3.63, 3.8) is 0 Å². The molecule has 0 aliphatic heterocycles. The lowest BCUT2D eigenvalue weighted by molar-refractivity contribution is -0.146. The number of carbonyl (C=O) groups excluding carboxylic acids is 2. The molecule has 1 aromatic rings. The highest BCUT2D eigenvalue weighted by Crippen LogP contribution is 2.10. The Bertz CT molecular complexity index is 468. The number of rotatable bonds is 5. The normalized spacial score (nSPS) is 11.8. The molecule has 0 fully saturated rings. The third kappa shape index (κ3) is 4.73. The molecule has 1 N–H and O–H groups in total. The molecule has 4 nitrogen and oxygen atoms in total. The largest absolute Gasteiger partial charge is 0.464 e. The van der Waals surface area contributed by atoms with Crippen LogP contribution in [-0.4, -0.2) is 24.5 Å². The van der Waals surface area contributed by atoms with Gasteiger partial charge in [-0.3, -0.25) is 4.79 Å². The molecule has 0 spiro atoms. The van der Waals surface area contributed by atoms with Crippen LogP contribution >= 0.6 is 0 Å². The highest BCUT2D eigenvalue weighted by atomic mass is 16.5. The third-order valence-corrected chi connectivity index (χ3v) is 2.95. The third-order valence-electron chi connectivity index (χ3n) is 2.95. The summed E-state index contributed by atoms with van der Waals surface area (Å²) in [5, 5.41) is 2.63. The second-order valence-electron chi connectivity index (χ2n) is 4.64. The molecule has 0 aliphatic rings. The average molecular weight is 263 g/mol. The van der Waals surface area contributed by atoms with E-state index in [0.29, 0.717) is 6.61 Å². The maximum Gasteiger partial charge on any atom is 0.328 e. The first-order valence-corrected chi connectivity index (χ1v) is 6.46. The highest BCUT2D eigenvalue weighted by Gasteiger charge is 2.16. The minimum Gasteiger partial charge on any atom is -0.464 e. The van der Waals surface area contributed by atoms with Crippen LogP contribution in [0.15, 0.2) is 18.2 Å². The van der Waals surface area contributed by atoms with Gasteiger partial charge in [0.15, 0.2) is 0 Å². The summed E-state index contributed by atoms with van der Waals surface area (Å²) in [6.45, 7) is 7.72. The number of amides is 1. The molecule has 0 heterocycles. The summed E-state index contributed by atoms with van der Waals surface area (Å²) in [5.41, 5.74) is 3.30. The van der Waals surface area contributed by atoms with Crippen molar-refractivity contribution in [2.24, 2.45) is 0 Å². The Morgan fingerprint density at radius 2 is 1.95 bits per heavy atom. The van der Waals surface area contributed by atoms with Crippen LogP contribution in [0, 0.1) is 13.8 Å². The molecule has 1 amide bonds. The predicted octanol–water partition coefficient (Wildman–Crippen LogP) is 1.91. The number of ether oxygens (including phenoxy) is 1. The van der Waals surface area contributed by atoms with Crippen molar-refractivity contribution in [3.05, 3.63) is 34.9 Å². The summed E-state index contributed by atoms with van der Waals surface area (Å²) in [6, 6.07) is 5.30. The van der Waals surface area contributed by atoms with Crippen molar-refractivity contribution in [2.75, 3.05) is 6.61 Å². The van der Waals surface area contributed by atoms with Gasteiger partial charge >= 0.3 is 5.97 Å². The number of esters is 1. The molecule has 1 aromatic carbocycles. The SMILES string of the molecule is CCOC(=O)C(C)NC(=O)Cc1ccc(C)c(C)c1. The fourth-order valence-electron chi connectivity index (χ4n) is 1.72. The second-order valence-corrected chi connectivity index (χ2v) is 4.64. The van der Waals surface area contributed by atoms with Gasteiger partial charge < -0.3 is 10.1 Å². The maximum atomic E-state index is 11.8. The number of hydrogen-bond acceptors (Lipinski definition) is 3. The van der Waals surface area contributed by atoms with Crippen LogP contribution in [0.3, 0.4) is 0 Å². The summed E-state index contributed by atoms with van der Waals surface area (Å²) >= 11 is 0. The van der Waals surface area contributed by atoms with E-state index in [1.54, 1.807) is 13.8 Å². The number of hydrogen-bond donors (Lipinski definition) is 1. The summed E-state index contributed by atoms with van der Waals surface area (Å²) in [7, 11) is 0. The number of benzene rings is 1. The van der Waals surface area contributed by atoms with Crippen molar-refractivity contribution < 1.29 is 14.3 Å². The molecular formula is C15H21NO3. The second kappa shape index (κ2) is 6.92. The van der Waals surface area contributed by atoms with Crippen LogP contribution in [0.1, 0.15) is 30.5 Å². The Hall–Kier alpha value is -1.84. The van der Waals surface area contributed by atoms with Gasteiger partial charge in [0.25, 0.3) is 0 Å². The predicted molar refractivity (Wildman–Crippen MR) is 73.9 cm³/mol. The van der Waals surface area contributed by atoms with Gasteiger partial charge in [0.1, 0.15) is 6.04 Å². The Morgan fingerprint density at radius 3 is 2.53 bits per heavy atom. The fraction of sp³-hybridized carbons (Fsp3) is 0.467. The van der Waals surface area contributed by atoms with E-state index in [4.69, 9.17) is 4.74 Å². The zero-order valence-corrected chi connectivity index (χ0v) is 11.9. The van der Waals surface area contributed by atoms with Crippen molar-refractivity contribution in [1.82, 2.24) is 5.32 Å². The molecule has 0 saturated carbocycles. The zero-order chi connectivity index (χ0) is 14.4. The zero-order valence-electron chi connectivity index (χ0n) is 11.9. The Labute approximate surface area is 114 Å². The smallest absolute Gasteiger partial charge is 0.328 e. The van der Waals surface area contributed by atoms with Crippen LogP contribution in [-0.2, 0) is 20.7 Å². The first-order chi connectivity index (χ1) is 8.93. The van der Waals surface area contributed by atoms with E-state index >= 15 is 0 Å². The molecule has 0 radical (unpaired) electrons. The van der Waals surface area contributed by atoms with Crippen molar-refractivity contribution in [1.29, 1.82) is 0 Å². The van der Waals surface area contributed by atoms with Gasteiger partial charge in [-0.2, -0.15) is 0 Å². The summed E-state index contributed by atoms with van der Waals surface area (Å²) in [6.07, 6.45) is 0.269. The molecule has 4 heteroatoms. The van der Waals surface area contributed by atoms with E-state index in [2.05, 4.69) is 5.32 Å². The van der Waals surface area contributed by atoms with Crippen molar-refractivity contribution >= 4 is 11.9 Å². The average Bonchev–Trinajstić information content (AvgIpc) is 2.34. The van der Waals surface area contributed by atoms with Gasteiger partial charge in [0.2, 0.25) is 5.91 Å². The van der Waals surface area contributed by atoms with Crippen LogP contribution in [0.2, 0.25) is 0 Å². The lowest BCUT2D eigenvalue weighted by Gasteiger charge is -2.13. The number of aryl methyl sites for hydroxylation is 2. The van der Waals surface area contributed by atoms with E-state index in [1.165, 1.54) is 5.56 Å². The van der Waals surface area contributed by atoms with Crippen molar-refractivity contribution in [2.45, 2.75) is 40.2 Å². The molecular weight excluding hydrogens is 242 g/mol. The van der Waals surface area contributed by atoms with E-state index in [0.717, 1.165) is 11.1 Å². The molecule has 0 aromatic heterocycles. The van der Waals surface area contributed by atoms with Gasteiger partial charge in [0.05, 0.1) is 13.0 Å². The molecule has 0 bridgehead atoms. The minimum atomic E-state index is -0.612. The van der Waals surface area contributed by atoms with Crippen LogP contribution in [0.5, 0.6) is 0 Å². The van der Waals surface area contributed by atoms with Gasteiger partial charge in [-0.1, -0.05) is 18.2 Å². The molecule has 1 unspecified atom stereocenters. The number of nitrogens with one attached hydrogen (secondary N) is 1. The Balaban J connectivity index is 2.55. The van der Waals surface area contributed by atoms with Crippen LogP contribution in [0.4, 0.5) is 0 Å². The summed E-state index contributed by atoms with van der Waals surface area (Å²) < 4.78 is 4.84. The lowest BCUT2D eigenvalue weighted by Crippen LogP contribution is -2.40.